The van der Waals surface area contributed by atoms with Crippen LogP contribution in [0, 0.1) is 11.8 Å². The first kappa shape index (κ1) is 27.6. The lowest BCUT2D eigenvalue weighted by molar-refractivity contribution is -0.146. The fraction of sp³-hybridized carbons (Fsp3) is 0.690. The SMILES string of the molecule is CCCCCNC(=O)C1N(CCCCCCO)C(=O)[C@@H]2[C@@H](C(=O)Nc3ccccc3)[C@@]3(CC)CCC12O3. The molecule has 3 fully saturated rings. The number of aliphatic hydroxyl groups excluding tert-OH is 1. The maximum Gasteiger partial charge on any atom is 0.245 e. The van der Waals surface area contributed by atoms with E-state index in [0.717, 1.165) is 44.9 Å². The van der Waals surface area contributed by atoms with Crippen LogP contribution in [0.5, 0.6) is 0 Å². The minimum absolute atomic E-state index is 0.140. The average molecular weight is 514 g/mol. The Labute approximate surface area is 220 Å². The molecule has 0 radical (unpaired) electrons. The lowest BCUT2D eigenvalue weighted by Crippen LogP contribution is -2.55. The molecule has 2 unspecified atom stereocenters. The van der Waals surface area contributed by atoms with E-state index in [1.165, 1.54) is 0 Å². The van der Waals surface area contributed by atoms with Gasteiger partial charge in [-0.2, -0.15) is 0 Å². The zero-order valence-electron chi connectivity index (χ0n) is 22.3. The van der Waals surface area contributed by atoms with E-state index in [0.29, 0.717) is 38.0 Å². The molecular weight excluding hydrogens is 470 g/mol. The van der Waals surface area contributed by atoms with Crippen LogP contribution in [-0.2, 0) is 19.1 Å². The Balaban J connectivity index is 1.61. The molecule has 204 valence electrons. The molecule has 0 aromatic heterocycles. The van der Waals surface area contributed by atoms with Crippen LogP contribution >= 0.6 is 0 Å². The maximum atomic E-state index is 14.1. The second-order valence-corrected chi connectivity index (χ2v) is 10.9. The third-order valence-corrected chi connectivity index (χ3v) is 8.64. The van der Waals surface area contributed by atoms with Gasteiger partial charge in [-0.15, -0.1) is 0 Å². The van der Waals surface area contributed by atoms with Gasteiger partial charge in [-0.05, 0) is 50.7 Å². The second-order valence-electron chi connectivity index (χ2n) is 10.9. The number of hydrogen-bond donors (Lipinski definition) is 3. The molecule has 1 aromatic carbocycles. The van der Waals surface area contributed by atoms with E-state index in [4.69, 9.17) is 9.84 Å². The van der Waals surface area contributed by atoms with E-state index in [2.05, 4.69) is 17.6 Å². The Morgan fingerprint density at radius 3 is 2.49 bits per heavy atom. The summed E-state index contributed by atoms with van der Waals surface area (Å²) in [6.07, 6.45) is 8.06. The van der Waals surface area contributed by atoms with E-state index in [1.807, 2.05) is 37.3 Å². The van der Waals surface area contributed by atoms with Gasteiger partial charge < -0.3 is 25.4 Å². The number of fused-ring (bicyclic) bond motifs is 1. The molecule has 3 N–H and O–H groups in total. The summed E-state index contributed by atoms with van der Waals surface area (Å²) in [5.74, 6) is -1.83. The number of anilines is 1. The normalized spacial score (nSPS) is 30.0. The van der Waals surface area contributed by atoms with Crippen LogP contribution in [0.15, 0.2) is 30.3 Å². The number of hydrogen-bond acceptors (Lipinski definition) is 5. The molecule has 37 heavy (non-hydrogen) atoms. The quantitative estimate of drug-likeness (QED) is 0.329. The molecule has 1 aromatic rings. The minimum Gasteiger partial charge on any atom is -0.396 e. The lowest BCUT2D eigenvalue weighted by Gasteiger charge is -2.34. The molecule has 3 heterocycles. The first-order chi connectivity index (χ1) is 17.9. The zero-order valence-corrected chi connectivity index (χ0v) is 22.3. The van der Waals surface area contributed by atoms with Crippen LogP contribution in [0.4, 0.5) is 5.69 Å². The van der Waals surface area contributed by atoms with Crippen LogP contribution in [0.2, 0.25) is 0 Å². The standard InChI is InChI=1S/C29H43N3O5/c1-3-5-11-18-30-26(35)24-29-17-16-28(4-2,37-29)22(25(34)31-21-14-9-8-10-15-21)23(29)27(36)32(24)19-12-6-7-13-20-33/h8-10,14-15,22-24,33H,3-7,11-13,16-20H2,1-2H3,(H,30,35)(H,31,34)/t22-,23-,24?,28+,29?/m0/s1. The van der Waals surface area contributed by atoms with Gasteiger partial charge in [-0.1, -0.05) is 57.7 Å². The number of unbranched alkanes of at least 4 members (excludes halogenated alkanes) is 5. The first-order valence-corrected chi connectivity index (χ1v) is 14.2. The number of para-hydroxylation sites is 1. The molecule has 8 heteroatoms. The lowest BCUT2D eigenvalue weighted by atomic mass is 9.65. The number of rotatable bonds is 14. The number of benzene rings is 1. The summed E-state index contributed by atoms with van der Waals surface area (Å²) in [5, 5.41) is 15.2. The van der Waals surface area contributed by atoms with Crippen molar-refractivity contribution in [2.75, 3.05) is 25.0 Å². The highest BCUT2D eigenvalue weighted by Crippen LogP contribution is 2.64. The van der Waals surface area contributed by atoms with Gasteiger partial charge in [-0.3, -0.25) is 14.4 Å². The summed E-state index contributed by atoms with van der Waals surface area (Å²) >= 11 is 0. The van der Waals surface area contributed by atoms with Crippen molar-refractivity contribution in [3.05, 3.63) is 30.3 Å². The highest BCUT2D eigenvalue weighted by Gasteiger charge is 2.78. The van der Waals surface area contributed by atoms with Crippen LogP contribution in [0.3, 0.4) is 0 Å². The van der Waals surface area contributed by atoms with Crippen molar-refractivity contribution in [2.24, 2.45) is 11.8 Å². The van der Waals surface area contributed by atoms with Crippen LogP contribution in [-0.4, -0.2) is 64.7 Å². The fourth-order valence-electron chi connectivity index (χ4n) is 6.83. The van der Waals surface area contributed by atoms with Crippen molar-refractivity contribution in [1.82, 2.24) is 10.2 Å². The zero-order chi connectivity index (χ0) is 26.5. The fourth-order valence-corrected chi connectivity index (χ4v) is 6.83. The predicted octanol–water partition coefficient (Wildman–Crippen LogP) is 3.64. The monoisotopic (exact) mass is 513 g/mol. The van der Waals surface area contributed by atoms with Crippen molar-refractivity contribution in [2.45, 2.75) is 95.3 Å². The third-order valence-electron chi connectivity index (χ3n) is 8.64. The Bertz CT molecular complexity index is 956. The average Bonchev–Trinajstić information content (AvgIpc) is 3.50. The van der Waals surface area contributed by atoms with Crippen LogP contribution in [0.1, 0.15) is 78.1 Å². The first-order valence-electron chi connectivity index (χ1n) is 14.2. The molecule has 8 nitrogen and oxygen atoms in total. The van der Waals surface area contributed by atoms with Crippen molar-refractivity contribution in [3.63, 3.8) is 0 Å². The molecule has 3 aliphatic rings. The summed E-state index contributed by atoms with van der Waals surface area (Å²) in [6, 6.07) is 8.56. The van der Waals surface area contributed by atoms with Crippen molar-refractivity contribution < 1.29 is 24.2 Å². The maximum absolute atomic E-state index is 14.1. The molecule has 0 aliphatic carbocycles. The number of ether oxygens (including phenoxy) is 1. The summed E-state index contributed by atoms with van der Waals surface area (Å²) in [4.78, 5) is 43.1. The molecule has 3 aliphatic heterocycles. The van der Waals surface area contributed by atoms with Crippen LogP contribution < -0.4 is 10.6 Å². The Hall–Kier alpha value is -2.45. The summed E-state index contributed by atoms with van der Waals surface area (Å²) in [5.41, 5.74) is -1.04. The van der Waals surface area contributed by atoms with E-state index >= 15 is 0 Å². The van der Waals surface area contributed by atoms with Gasteiger partial charge >= 0.3 is 0 Å². The summed E-state index contributed by atoms with van der Waals surface area (Å²) in [7, 11) is 0. The summed E-state index contributed by atoms with van der Waals surface area (Å²) < 4.78 is 6.78. The summed E-state index contributed by atoms with van der Waals surface area (Å²) in [6.45, 7) is 5.30. The number of carbonyl (C=O) groups is 3. The van der Waals surface area contributed by atoms with Gasteiger partial charge in [0, 0.05) is 25.4 Å². The number of likely N-dealkylation sites (tertiary alicyclic amines) is 1. The van der Waals surface area contributed by atoms with E-state index < -0.39 is 29.1 Å². The topological polar surface area (TPSA) is 108 Å². The molecule has 4 rings (SSSR count). The van der Waals surface area contributed by atoms with Gasteiger partial charge in [0.15, 0.2) is 0 Å². The van der Waals surface area contributed by atoms with E-state index in [-0.39, 0.29) is 24.3 Å². The Morgan fingerprint density at radius 2 is 1.78 bits per heavy atom. The van der Waals surface area contributed by atoms with Crippen molar-refractivity contribution in [1.29, 1.82) is 0 Å². The number of nitrogens with one attached hydrogen (secondary N) is 2. The minimum atomic E-state index is -0.980. The van der Waals surface area contributed by atoms with Gasteiger partial charge in [0.05, 0.1) is 17.4 Å². The van der Waals surface area contributed by atoms with E-state index in [1.54, 1.807) is 4.90 Å². The van der Waals surface area contributed by atoms with Gasteiger partial charge in [0.2, 0.25) is 17.7 Å². The van der Waals surface area contributed by atoms with Crippen molar-refractivity contribution in [3.8, 4) is 0 Å². The molecule has 2 bridgehead atoms. The molecular formula is C29H43N3O5. The number of amides is 3. The molecule has 3 saturated heterocycles. The smallest absolute Gasteiger partial charge is 0.245 e. The number of carbonyl (C=O) groups excluding carboxylic acids is 3. The molecule has 0 saturated carbocycles. The van der Waals surface area contributed by atoms with Gasteiger partial charge in [0.1, 0.15) is 11.6 Å². The van der Waals surface area contributed by atoms with Crippen LogP contribution in [0.25, 0.3) is 0 Å². The highest BCUT2D eigenvalue weighted by molar-refractivity contribution is 6.02. The highest BCUT2D eigenvalue weighted by atomic mass is 16.5. The number of nitrogens with zero attached hydrogens (tertiary/aromatic N) is 1. The van der Waals surface area contributed by atoms with Gasteiger partial charge in [-0.25, -0.2) is 0 Å². The second kappa shape index (κ2) is 11.9. The van der Waals surface area contributed by atoms with Gasteiger partial charge in [0.25, 0.3) is 0 Å². The predicted molar refractivity (Wildman–Crippen MR) is 142 cm³/mol. The molecule has 5 atom stereocenters. The Morgan fingerprint density at radius 1 is 1.03 bits per heavy atom. The van der Waals surface area contributed by atoms with E-state index in [9.17, 15) is 14.4 Å². The largest absolute Gasteiger partial charge is 0.396 e. The third kappa shape index (κ3) is 5.15. The molecule has 1 spiro atoms. The number of aliphatic hydroxyl groups is 1. The molecule has 3 amide bonds. The van der Waals surface area contributed by atoms with Crippen molar-refractivity contribution >= 4 is 23.4 Å². The Kier molecular flexibility index (Phi) is 8.90.